The van der Waals surface area contributed by atoms with Crippen molar-refractivity contribution in [1.82, 2.24) is 14.6 Å². The topological polar surface area (TPSA) is 68.2 Å². The number of rotatable bonds is 3. The molecule has 0 atom stereocenters. The number of anilines is 1. The molecule has 3 N–H and O–H groups in total. The smallest absolute Gasteiger partial charge is 0.158 e. The Kier molecular flexibility index (Phi) is 2.73. The molecule has 5 nitrogen and oxygen atoms in total. The van der Waals surface area contributed by atoms with E-state index in [2.05, 4.69) is 22.4 Å². The third-order valence-corrected chi connectivity index (χ3v) is 3.66. The van der Waals surface area contributed by atoms with Crippen molar-refractivity contribution in [1.29, 1.82) is 0 Å². The summed E-state index contributed by atoms with van der Waals surface area (Å²) >= 11 is 1.66. The van der Waals surface area contributed by atoms with E-state index in [-0.39, 0.29) is 0 Å². The van der Waals surface area contributed by atoms with E-state index in [1.54, 1.807) is 15.9 Å². The minimum absolute atomic E-state index is 0.750. The Bertz CT molecular complexity index is 671. The molecule has 0 spiro atoms. The molecule has 3 rings (SSSR count). The Morgan fingerprint density at radius 3 is 3.00 bits per heavy atom. The summed E-state index contributed by atoms with van der Waals surface area (Å²) in [4.78, 5) is 5.67. The lowest BCUT2D eigenvalue weighted by molar-refractivity contribution is 0.914. The van der Waals surface area contributed by atoms with Crippen molar-refractivity contribution in [2.45, 2.75) is 13.3 Å². The minimum atomic E-state index is 0.750. The highest BCUT2D eigenvalue weighted by Crippen LogP contribution is 2.25. The molecule has 92 valence electrons. The Balaban J connectivity index is 2.22. The zero-order valence-corrected chi connectivity index (χ0v) is 10.7. The molecule has 0 saturated heterocycles. The highest BCUT2D eigenvalue weighted by atomic mass is 32.1. The van der Waals surface area contributed by atoms with Crippen LogP contribution >= 0.6 is 11.3 Å². The molecule has 0 fully saturated rings. The van der Waals surface area contributed by atoms with Crippen molar-refractivity contribution in [2.75, 3.05) is 5.43 Å². The maximum atomic E-state index is 5.53. The second-order valence-electron chi connectivity index (χ2n) is 3.91. The van der Waals surface area contributed by atoms with E-state index in [1.165, 1.54) is 0 Å². The second kappa shape index (κ2) is 4.40. The van der Waals surface area contributed by atoms with Crippen LogP contribution in [0, 0.1) is 0 Å². The van der Waals surface area contributed by atoms with Crippen LogP contribution in [-0.2, 0) is 6.42 Å². The van der Waals surface area contributed by atoms with Crippen molar-refractivity contribution in [3.05, 3.63) is 35.3 Å². The lowest BCUT2D eigenvalue weighted by Crippen LogP contribution is -2.12. The summed E-state index contributed by atoms with van der Waals surface area (Å²) in [5.41, 5.74) is 5.39. The van der Waals surface area contributed by atoms with Crippen molar-refractivity contribution in [3.63, 3.8) is 0 Å². The van der Waals surface area contributed by atoms with Gasteiger partial charge in [0.1, 0.15) is 11.5 Å². The molecule has 18 heavy (non-hydrogen) atoms. The summed E-state index contributed by atoms with van der Waals surface area (Å²) in [7, 11) is 0. The van der Waals surface area contributed by atoms with Gasteiger partial charge in [-0.15, -0.1) is 11.3 Å². The summed E-state index contributed by atoms with van der Waals surface area (Å²) in [5.74, 6) is 6.28. The van der Waals surface area contributed by atoms with E-state index in [4.69, 9.17) is 5.84 Å². The first-order valence-corrected chi connectivity index (χ1v) is 6.60. The molecule has 0 aliphatic carbocycles. The standard InChI is InChI=1S/C12H13N5S/c1-2-8-6-12(15-13)17-11(14-8)7-9(16-17)10-4-3-5-18-10/h3-7,15H,2,13H2,1H3. The van der Waals surface area contributed by atoms with E-state index in [1.807, 2.05) is 29.6 Å². The predicted molar refractivity (Wildman–Crippen MR) is 73.5 cm³/mol. The van der Waals surface area contributed by atoms with E-state index in [0.717, 1.165) is 34.2 Å². The third-order valence-electron chi connectivity index (χ3n) is 2.76. The predicted octanol–water partition coefficient (Wildman–Crippen LogP) is 2.31. The normalized spacial score (nSPS) is 11.0. The van der Waals surface area contributed by atoms with Crippen LogP contribution in [0.15, 0.2) is 29.6 Å². The molecule has 0 unspecified atom stereocenters. The Morgan fingerprint density at radius 1 is 1.44 bits per heavy atom. The molecule has 0 radical (unpaired) electrons. The largest absolute Gasteiger partial charge is 0.308 e. The number of fused-ring (bicyclic) bond motifs is 1. The first-order chi connectivity index (χ1) is 8.81. The summed E-state index contributed by atoms with van der Waals surface area (Å²) in [6.45, 7) is 2.07. The molecular weight excluding hydrogens is 246 g/mol. The fourth-order valence-corrected chi connectivity index (χ4v) is 2.54. The van der Waals surface area contributed by atoms with Gasteiger partial charge >= 0.3 is 0 Å². The Morgan fingerprint density at radius 2 is 2.33 bits per heavy atom. The minimum Gasteiger partial charge on any atom is -0.308 e. The number of nitrogens with zero attached hydrogens (tertiary/aromatic N) is 3. The van der Waals surface area contributed by atoms with E-state index in [9.17, 15) is 0 Å². The summed E-state index contributed by atoms with van der Waals surface area (Å²) < 4.78 is 1.73. The average Bonchev–Trinajstić information content (AvgIpc) is 3.05. The SMILES string of the molecule is CCc1cc(NN)n2nc(-c3cccs3)cc2n1. The van der Waals surface area contributed by atoms with Gasteiger partial charge < -0.3 is 5.43 Å². The molecule has 6 heteroatoms. The first-order valence-electron chi connectivity index (χ1n) is 5.72. The van der Waals surface area contributed by atoms with E-state index < -0.39 is 0 Å². The molecule has 3 heterocycles. The number of hydrogen-bond donors (Lipinski definition) is 2. The van der Waals surface area contributed by atoms with Crippen LogP contribution in [0.25, 0.3) is 16.2 Å². The number of hydrazine groups is 1. The van der Waals surface area contributed by atoms with Gasteiger partial charge in [0.2, 0.25) is 0 Å². The molecule has 0 saturated carbocycles. The molecular formula is C12H13N5S. The van der Waals surface area contributed by atoms with Crippen molar-refractivity contribution in [3.8, 4) is 10.6 Å². The Labute approximate surface area is 108 Å². The van der Waals surface area contributed by atoms with Crippen molar-refractivity contribution >= 4 is 22.8 Å². The van der Waals surface area contributed by atoms with Crippen LogP contribution in [0.1, 0.15) is 12.6 Å². The van der Waals surface area contributed by atoms with Crippen LogP contribution in [0.2, 0.25) is 0 Å². The van der Waals surface area contributed by atoms with Crippen LogP contribution in [0.3, 0.4) is 0 Å². The monoisotopic (exact) mass is 259 g/mol. The number of aryl methyl sites for hydroxylation is 1. The Hall–Kier alpha value is -1.92. The lowest BCUT2D eigenvalue weighted by Gasteiger charge is -2.05. The molecule has 0 aliphatic rings. The zero-order chi connectivity index (χ0) is 12.5. The lowest BCUT2D eigenvalue weighted by atomic mass is 10.3. The molecule has 0 aliphatic heterocycles. The molecule has 3 aromatic rings. The van der Waals surface area contributed by atoms with Gasteiger partial charge in [0.15, 0.2) is 5.65 Å². The maximum Gasteiger partial charge on any atom is 0.158 e. The number of hydrogen-bond acceptors (Lipinski definition) is 5. The first kappa shape index (κ1) is 11.2. The number of nitrogens with two attached hydrogens (primary N) is 1. The second-order valence-corrected chi connectivity index (χ2v) is 4.86. The zero-order valence-electron chi connectivity index (χ0n) is 9.92. The van der Waals surface area contributed by atoms with Gasteiger partial charge in [-0.2, -0.15) is 9.61 Å². The molecule has 0 bridgehead atoms. The highest BCUT2D eigenvalue weighted by Gasteiger charge is 2.10. The van der Waals surface area contributed by atoms with Gasteiger partial charge in [-0.3, -0.25) is 0 Å². The molecule has 3 aromatic heterocycles. The van der Waals surface area contributed by atoms with Gasteiger partial charge in [0, 0.05) is 17.8 Å². The van der Waals surface area contributed by atoms with Gasteiger partial charge in [-0.1, -0.05) is 13.0 Å². The van der Waals surface area contributed by atoms with Crippen LogP contribution in [0.4, 0.5) is 5.82 Å². The van der Waals surface area contributed by atoms with Gasteiger partial charge in [0.05, 0.1) is 4.88 Å². The van der Waals surface area contributed by atoms with E-state index >= 15 is 0 Å². The quantitative estimate of drug-likeness (QED) is 0.559. The summed E-state index contributed by atoms with van der Waals surface area (Å²) in [6, 6.07) is 7.95. The fourth-order valence-electron chi connectivity index (χ4n) is 1.86. The molecule has 0 aromatic carbocycles. The van der Waals surface area contributed by atoms with Crippen LogP contribution < -0.4 is 11.3 Å². The fraction of sp³-hybridized carbons (Fsp3) is 0.167. The maximum absolute atomic E-state index is 5.53. The van der Waals surface area contributed by atoms with Crippen LogP contribution in [-0.4, -0.2) is 14.6 Å². The number of aromatic nitrogens is 3. The highest BCUT2D eigenvalue weighted by molar-refractivity contribution is 7.13. The number of thiophene rings is 1. The van der Waals surface area contributed by atoms with Gasteiger partial charge in [0.25, 0.3) is 0 Å². The summed E-state index contributed by atoms with van der Waals surface area (Å²) in [6.07, 6.45) is 0.866. The number of nitrogen functional groups attached to an aromatic ring is 1. The van der Waals surface area contributed by atoms with Crippen molar-refractivity contribution in [2.24, 2.45) is 5.84 Å². The van der Waals surface area contributed by atoms with Gasteiger partial charge in [-0.05, 0) is 17.9 Å². The number of nitrogens with one attached hydrogen (secondary N) is 1. The van der Waals surface area contributed by atoms with Crippen LogP contribution in [0.5, 0.6) is 0 Å². The third kappa shape index (κ3) is 1.75. The average molecular weight is 259 g/mol. The van der Waals surface area contributed by atoms with Gasteiger partial charge in [-0.25, -0.2) is 10.8 Å². The molecule has 0 amide bonds. The van der Waals surface area contributed by atoms with E-state index in [0.29, 0.717) is 0 Å². The summed E-state index contributed by atoms with van der Waals surface area (Å²) in [5, 5.41) is 6.56. The van der Waals surface area contributed by atoms with Crippen molar-refractivity contribution < 1.29 is 0 Å².